The van der Waals surface area contributed by atoms with Gasteiger partial charge in [0.05, 0.1) is 21.8 Å². The van der Waals surface area contributed by atoms with Crippen molar-refractivity contribution in [2.75, 3.05) is 18.4 Å². The normalized spacial score (nSPS) is 18.8. The van der Waals surface area contributed by atoms with E-state index in [0.717, 1.165) is 31.8 Å². The van der Waals surface area contributed by atoms with E-state index in [-0.39, 0.29) is 11.9 Å². The minimum atomic E-state index is -0.155. The first-order valence-corrected chi connectivity index (χ1v) is 7.73. The van der Waals surface area contributed by atoms with Gasteiger partial charge in [0.1, 0.15) is 0 Å². The van der Waals surface area contributed by atoms with E-state index in [0.29, 0.717) is 15.7 Å². The molecular formula is C15H20Cl2N2O. The molecule has 1 atom stereocenters. The number of halogens is 2. The summed E-state index contributed by atoms with van der Waals surface area (Å²) in [6.45, 7) is 6.13. The smallest absolute Gasteiger partial charge is 0.241 e. The van der Waals surface area contributed by atoms with Crippen LogP contribution in [0.5, 0.6) is 0 Å². The lowest BCUT2D eigenvalue weighted by Crippen LogP contribution is -2.45. The number of piperidine rings is 1. The zero-order valence-electron chi connectivity index (χ0n) is 11.8. The lowest BCUT2D eigenvalue weighted by Gasteiger charge is -2.34. The number of amides is 1. The minimum Gasteiger partial charge on any atom is -0.323 e. The molecule has 1 aliphatic heterocycles. The molecule has 1 aromatic carbocycles. The maximum Gasteiger partial charge on any atom is 0.241 e. The summed E-state index contributed by atoms with van der Waals surface area (Å²) in [6.07, 6.45) is 2.30. The van der Waals surface area contributed by atoms with Gasteiger partial charge in [0.15, 0.2) is 0 Å². The van der Waals surface area contributed by atoms with Gasteiger partial charge in [-0.15, -0.1) is 0 Å². The van der Waals surface area contributed by atoms with E-state index in [2.05, 4.69) is 17.1 Å². The SMILES string of the molecule is CC1CCN(C(C)C(=O)Nc2cccc(Cl)c2Cl)CC1. The molecule has 0 saturated carbocycles. The number of rotatable bonds is 3. The lowest BCUT2D eigenvalue weighted by molar-refractivity contribution is -0.121. The second kappa shape index (κ2) is 6.79. The Kier molecular flexibility index (Phi) is 5.30. The van der Waals surface area contributed by atoms with Crippen molar-refractivity contribution in [2.24, 2.45) is 5.92 Å². The average Bonchev–Trinajstić information content (AvgIpc) is 2.44. The number of carbonyl (C=O) groups excluding carboxylic acids is 1. The fourth-order valence-corrected chi connectivity index (χ4v) is 2.77. The van der Waals surface area contributed by atoms with Crippen molar-refractivity contribution in [1.29, 1.82) is 0 Å². The van der Waals surface area contributed by atoms with Gasteiger partial charge < -0.3 is 5.32 Å². The van der Waals surface area contributed by atoms with Crippen LogP contribution in [0.2, 0.25) is 10.0 Å². The standard InChI is InChI=1S/C15H20Cl2N2O/c1-10-6-8-19(9-7-10)11(2)15(20)18-13-5-3-4-12(16)14(13)17/h3-5,10-11H,6-9H2,1-2H3,(H,18,20). The molecule has 1 unspecified atom stereocenters. The Morgan fingerprint density at radius 2 is 2.00 bits per heavy atom. The van der Waals surface area contributed by atoms with Gasteiger partial charge in [-0.1, -0.05) is 36.2 Å². The molecule has 3 nitrogen and oxygen atoms in total. The van der Waals surface area contributed by atoms with E-state index in [9.17, 15) is 4.79 Å². The predicted octanol–water partition coefficient (Wildman–Crippen LogP) is 4.05. The van der Waals surface area contributed by atoms with Crippen LogP contribution in [0.4, 0.5) is 5.69 Å². The van der Waals surface area contributed by atoms with Gasteiger partial charge in [0.25, 0.3) is 0 Å². The van der Waals surface area contributed by atoms with Crippen LogP contribution < -0.4 is 5.32 Å². The van der Waals surface area contributed by atoms with E-state index in [1.54, 1.807) is 18.2 Å². The first kappa shape index (κ1) is 15.6. The number of nitrogens with zero attached hydrogens (tertiary/aromatic N) is 1. The van der Waals surface area contributed by atoms with Crippen LogP contribution in [0, 0.1) is 5.92 Å². The highest BCUT2D eigenvalue weighted by atomic mass is 35.5. The van der Waals surface area contributed by atoms with Crippen LogP contribution in [-0.4, -0.2) is 29.9 Å². The van der Waals surface area contributed by atoms with Crippen molar-refractivity contribution in [3.05, 3.63) is 28.2 Å². The third-order valence-electron chi connectivity index (χ3n) is 3.95. The molecule has 0 aliphatic carbocycles. The molecule has 1 aliphatic rings. The molecule has 1 saturated heterocycles. The molecule has 1 heterocycles. The predicted molar refractivity (Wildman–Crippen MR) is 84.5 cm³/mol. The van der Waals surface area contributed by atoms with Crippen LogP contribution in [0.15, 0.2) is 18.2 Å². The number of likely N-dealkylation sites (tertiary alicyclic amines) is 1. The number of hydrogen-bond donors (Lipinski definition) is 1. The van der Waals surface area contributed by atoms with Crippen molar-refractivity contribution in [1.82, 2.24) is 4.90 Å². The summed E-state index contributed by atoms with van der Waals surface area (Å²) < 4.78 is 0. The molecule has 1 fully saturated rings. The van der Waals surface area contributed by atoms with Crippen molar-refractivity contribution >= 4 is 34.8 Å². The molecular weight excluding hydrogens is 295 g/mol. The summed E-state index contributed by atoms with van der Waals surface area (Å²) >= 11 is 12.0. The topological polar surface area (TPSA) is 32.3 Å². The van der Waals surface area contributed by atoms with Crippen LogP contribution in [0.1, 0.15) is 26.7 Å². The van der Waals surface area contributed by atoms with E-state index < -0.39 is 0 Å². The minimum absolute atomic E-state index is 0.0382. The molecule has 1 amide bonds. The monoisotopic (exact) mass is 314 g/mol. The van der Waals surface area contributed by atoms with Gasteiger partial charge in [0, 0.05) is 0 Å². The molecule has 20 heavy (non-hydrogen) atoms. The zero-order chi connectivity index (χ0) is 14.7. The number of nitrogens with one attached hydrogen (secondary N) is 1. The molecule has 2 rings (SSSR count). The number of hydrogen-bond acceptors (Lipinski definition) is 2. The van der Waals surface area contributed by atoms with Gasteiger partial charge in [-0.3, -0.25) is 9.69 Å². The second-order valence-electron chi connectivity index (χ2n) is 5.49. The van der Waals surface area contributed by atoms with Crippen LogP contribution in [0.25, 0.3) is 0 Å². The van der Waals surface area contributed by atoms with Gasteiger partial charge >= 0.3 is 0 Å². The third-order valence-corrected chi connectivity index (χ3v) is 4.77. The first-order valence-electron chi connectivity index (χ1n) is 6.98. The molecule has 0 aromatic heterocycles. The van der Waals surface area contributed by atoms with Crippen molar-refractivity contribution in [3.8, 4) is 0 Å². The van der Waals surface area contributed by atoms with E-state index in [4.69, 9.17) is 23.2 Å². The van der Waals surface area contributed by atoms with Crippen LogP contribution in [-0.2, 0) is 4.79 Å². The molecule has 5 heteroatoms. The summed E-state index contributed by atoms with van der Waals surface area (Å²) in [4.78, 5) is 14.5. The quantitative estimate of drug-likeness (QED) is 0.912. The first-order chi connectivity index (χ1) is 9.49. The Morgan fingerprint density at radius 3 is 2.65 bits per heavy atom. The molecule has 0 spiro atoms. The molecule has 1 N–H and O–H groups in total. The highest BCUT2D eigenvalue weighted by molar-refractivity contribution is 6.44. The number of carbonyl (C=O) groups is 1. The van der Waals surface area contributed by atoms with Crippen molar-refractivity contribution < 1.29 is 4.79 Å². The summed E-state index contributed by atoms with van der Waals surface area (Å²) in [6, 6.07) is 5.08. The second-order valence-corrected chi connectivity index (χ2v) is 6.27. The van der Waals surface area contributed by atoms with Crippen molar-refractivity contribution in [2.45, 2.75) is 32.7 Å². The van der Waals surface area contributed by atoms with E-state index in [1.807, 2.05) is 6.92 Å². The van der Waals surface area contributed by atoms with Crippen LogP contribution in [0.3, 0.4) is 0 Å². The fraction of sp³-hybridized carbons (Fsp3) is 0.533. The van der Waals surface area contributed by atoms with Gasteiger partial charge in [-0.05, 0) is 50.9 Å². The summed E-state index contributed by atoms with van der Waals surface area (Å²) in [5.74, 6) is 0.715. The molecule has 0 bridgehead atoms. The van der Waals surface area contributed by atoms with Gasteiger partial charge in [0.2, 0.25) is 5.91 Å². The van der Waals surface area contributed by atoms with Crippen LogP contribution >= 0.6 is 23.2 Å². The Hall–Kier alpha value is -0.770. The largest absolute Gasteiger partial charge is 0.323 e. The van der Waals surface area contributed by atoms with E-state index >= 15 is 0 Å². The Labute approximate surface area is 130 Å². The van der Waals surface area contributed by atoms with Crippen molar-refractivity contribution in [3.63, 3.8) is 0 Å². The number of benzene rings is 1. The molecule has 0 radical (unpaired) electrons. The Bertz CT molecular complexity index is 485. The average molecular weight is 315 g/mol. The highest BCUT2D eigenvalue weighted by Crippen LogP contribution is 2.29. The maximum atomic E-state index is 12.3. The van der Waals surface area contributed by atoms with Gasteiger partial charge in [-0.2, -0.15) is 0 Å². The summed E-state index contributed by atoms with van der Waals surface area (Å²) in [5, 5.41) is 3.70. The fourth-order valence-electron chi connectivity index (χ4n) is 2.42. The highest BCUT2D eigenvalue weighted by Gasteiger charge is 2.25. The summed E-state index contributed by atoms with van der Waals surface area (Å²) in [7, 11) is 0. The third kappa shape index (κ3) is 3.66. The Morgan fingerprint density at radius 1 is 1.35 bits per heavy atom. The Balaban J connectivity index is 1.99. The van der Waals surface area contributed by atoms with Gasteiger partial charge in [-0.25, -0.2) is 0 Å². The van der Waals surface area contributed by atoms with E-state index in [1.165, 1.54) is 0 Å². The summed E-state index contributed by atoms with van der Waals surface area (Å²) in [5.41, 5.74) is 0.571. The zero-order valence-corrected chi connectivity index (χ0v) is 13.3. The number of anilines is 1. The maximum absolute atomic E-state index is 12.3. The lowest BCUT2D eigenvalue weighted by atomic mass is 9.98. The molecule has 110 valence electrons. The molecule has 1 aromatic rings.